The van der Waals surface area contributed by atoms with E-state index >= 15 is 0 Å². The summed E-state index contributed by atoms with van der Waals surface area (Å²) in [6.07, 6.45) is 1.86. The van der Waals surface area contributed by atoms with E-state index in [4.69, 9.17) is 0 Å². The molecule has 0 aliphatic heterocycles. The van der Waals surface area contributed by atoms with Crippen LogP contribution in [0.2, 0.25) is 0 Å². The maximum Gasteiger partial charge on any atom is 0.272 e. The number of hydrogen-bond acceptors (Lipinski definition) is 3. The van der Waals surface area contributed by atoms with Crippen LogP contribution < -0.4 is 0 Å². The average Bonchev–Trinajstić information content (AvgIpc) is 3.29. The molecule has 0 atom stereocenters. The van der Waals surface area contributed by atoms with Gasteiger partial charge in [0.1, 0.15) is 5.69 Å². The third kappa shape index (κ3) is 4.99. The zero-order chi connectivity index (χ0) is 24.2. The molecular weight excluding hydrogens is 432 g/mol. The highest BCUT2D eigenvalue weighted by Crippen LogP contribution is 2.22. The zero-order valence-electron chi connectivity index (χ0n) is 20.1. The normalized spacial score (nSPS) is 11.0. The largest absolute Gasteiger partial charge is 0.329 e. The minimum Gasteiger partial charge on any atom is -0.329 e. The molecule has 0 radical (unpaired) electrons. The first kappa shape index (κ1) is 22.5. The zero-order valence-corrected chi connectivity index (χ0v) is 20.1. The second-order valence-electron chi connectivity index (χ2n) is 8.75. The van der Waals surface area contributed by atoms with Crippen LogP contribution in [0.25, 0.3) is 22.0 Å². The molecule has 0 spiro atoms. The number of nitrogens with zero attached hydrogens (tertiary/aromatic N) is 4. The quantitative estimate of drug-likeness (QED) is 0.288. The number of fused-ring (bicyclic) bond motifs is 1. The summed E-state index contributed by atoms with van der Waals surface area (Å²) in [5, 5.41) is 5.56. The number of aryl methyl sites for hydroxylation is 2. The van der Waals surface area contributed by atoms with E-state index in [0.717, 1.165) is 33.3 Å². The van der Waals surface area contributed by atoms with Crippen molar-refractivity contribution in [2.24, 2.45) is 0 Å². The molecule has 0 bridgehead atoms. The van der Waals surface area contributed by atoms with Gasteiger partial charge in [-0.15, -0.1) is 0 Å². The lowest BCUT2D eigenvalue weighted by atomic mass is 10.0. The summed E-state index contributed by atoms with van der Waals surface area (Å²) in [6.45, 7) is 5.53. The van der Waals surface area contributed by atoms with E-state index in [1.54, 1.807) is 4.68 Å². The van der Waals surface area contributed by atoms with Crippen LogP contribution in [-0.2, 0) is 19.6 Å². The molecule has 174 valence electrons. The summed E-state index contributed by atoms with van der Waals surface area (Å²) >= 11 is 0. The Morgan fingerprint density at radius 3 is 2.29 bits per heavy atom. The Labute approximate surface area is 205 Å². The van der Waals surface area contributed by atoms with Gasteiger partial charge in [0.25, 0.3) is 5.91 Å². The Bertz CT molecular complexity index is 1460. The van der Waals surface area contributed by atoms with Crippen LogP contribution in [0.3, 0.4) is 0 Å². The van der Waals surface area contributed by atoms with Crippen molar-refractivity contribution >= 4 is 16.8 Å². The summed E-state index contributed by atoms with van der Waals surface area (Å²) in [6, 6.07) is 30.8. The van der Waals surface area contributed by atoms with Crippen molar-refractivity contribution in [1.82, 2.24) is 19.7 Å². The second-order valence-corrected chi connectivity index (χ2v) is 8.75. The molecule has 0 saturated carbocycles. The average molecular weight is 461 g/mol. The van der Waals surface area contributed by atoms with Gasteiger partial charge < -0.3 is 4.90 Å². The van der Waals surface area contributed by atoms with Crippen molar-refractivity contribution in [2.45, 2.75) is 33.5 Å². The maximum atomic E-state index is 13.7. The van der Waals surface area contributed by atoms with Gasteiger partial charge in [-0.3, -0.25) is 14.5 Å². The third-order valence-electron chi connectivity index (χ3n) is 6.16. The van der Waals surface area contributed by atoms with Gasteiger partial charge in [-0.2, -0.15) is 5.10 Å². The summed E-state index contributed by atoms with van der Waals surface area (Å²) in [5.74, 6) is -0.0345. The monoisotopic (exact) mass is 460 g/mol. The van der Waals surface area contributed by atoms with E-state index in [1.807, 2.05) is 67.4 Å². The van der Waals surface area contributed by atoms with E-state index in [2.05, 4.69) is 58.6 Å². The molecule has 0 aliphatic rings. The molecule has 0 N–H and O–H groups in total. The van der Waals surface area contributed by atoms with Crippen molar-refractivity contribution in [1.29, 1.82) is 0 Å². The predicted molar refractivity (Wildman–Crippen MR) is 140 cm³/mol. The summed E-state index contributed by atoms with van der Waals surface area (Å²) in [4.78, 5) is 20.2. The van der Waals surface area contributed by atoms with Gasteiger partial charge in [-0.05, 0) is 54.3 Å². The molecule has 5 rings (SSSR count). The minimum atomic E-state index is -0.0345. The Morgan fingerprint density at radius 1 is 0.829 bits per heavy atom. The highest BCUT2D eigenvalue weighted by Gasteiger charge is 2.21. The Hall–Kier alpha value is -4.25. The van der Waals surface area contributed by atoms with E-state index in [1.165, 1.54) is 5.56 Å². The van der Waals surface area contributed by atoms with Crippen molar-refractivity contribution in [3.05, 3.63) is 120 Å². The van der Waals surface area contributed by atoms with Crippen molar-refractivity contribution in [3.8, 4) is 11.1 Å². The van der Waals surface area contributed by atoms with E-state index < -0.39 is 0 Å². The third-order valence-corrected chi connectivity index (χ3v) is 6.16. The fourth-order valence-corrected chi connectivity index (χ4v) is 4.40. The van der Waals surface area contributed by atoms with Crippen LogP contribution >= 0.6 is 0 Å². The van der Waals surface area contributed by atoms with Crippen molar-refractivity contribution < 1.29 is 4.79 Å². The molecule has 2 aromatic heterocycles. The van der Waals surface area contributed by atoms with Crippen LogP contribution in [0.4, 0.5) is 0 Å². The summed E-state index contributed by atoms with van der Waals surface area (Å²) in [5.41, 5.74) is 6.81. The highest BCUT2D eigenvalue weighted by atomic mass is 16.2. The van der Waals surface area contributed by atoms with Crippen LogP contribution in [0.1, 0.15) is 34.2 Å². The van der Waals surface area contributed by atoms with E-state index in [0.29, 0.717) is 25.3 Å². The number of carbonyl (C=O) groups excluding carboxylic acids is 1. The Morgan fingerprint density at radius 2 is 1.51 bits per heavy atom. The SMILES string of the molecule is CCn1nc(C)cc1C(=O)N(Cc1ccc(-c2ccccc2)cc1)Cc1cnc2ccccc2c1. The van der Waals surface area contributed by atoms with Crippen LogP contribution in [0, 0.1) is 6.92 Å². The smallest absolute Gasteiger partial charge is 0.272 e. The van der Waals surface area contributed by atoms with Crippen molar-refractivity contribution in [2.75, 3.05) is 0 Å². The summed E-state index contributed by atoms with van der Waals surface area (Å²) < 4.78 is 1.78. The van der Waals surface area contributed by atoms with E-state index in [9.17, 15) is 4.79 Å². The van der Waals surface area contributed by atoms with Crippen molar-refractivity contribution in [3.63, 3.8) is 0 Å². The van der Waals surface area contributed by atoms with Crippen LogP contribution in [-0.4, -0.2) is 25.6 Å². The first-order valence-corrected chi connectivity index (χ1v) is 11.9. The lowest BCUT2D eigenvalue weighted by molar-refractivity contribution is 0.0717. The fourth-order valence-electron chi connectivity index (χ4n) is 4.40. The fraction of sp³-hybridized carbons (Fsp3) is 0.167. The molecular formula is C30H28N4O. The molecule has 1 amide bonds. The molecule has 5 nitrogen and oxygen atoms in total. The van der Waals surface area contributed by atoms with Gasteiger partial charge >= 0.3 is 0 Å². The van der Waals surface area contributed by atoms with Gasteiger partial charge in [-0.25, -0.2) is 0 Å². The maximum absolute atomic E-state index is 13.7. The number of amides is 1. The molecule has 3 aromatic carbocycles. The predicted octanol–water partition coefficient (Wildman–Crippen LogP) is 6.27. The molecule has 0 fully saturated rings. The molecule has 35 heavy (non-hydrogen) atoms. The first-order chi connectivity index (χ1) is 17.1. The second kappa shape index (κ2) is 9.94. The highest BCUT2D eigenvalue weighted by molar-refractivity contribution is 5.92. The number of aromatic nitrogens is 3. The number of rotatable bonds is 7. The Kier molecular flexibility index (Phi) is 6.40. The number of hydrogen-bond donors (Lipinski definition) is 0. The number of para-hydroxylation sites is 1. The van der Waals surface area contributed by atoms with Crippen LogP contribution in [0.5, 0.6) is 0 Å². The van der Waals surface area contributed by atoms with Gasteiger partial charge in [-0.1, -0.05) is 72.8 Å². The molecule has 2 heterocycles. The molecule has 5 heteroatoms. The molecule has 5 aromatic rings. The minimum absolute atomic E-state index is 0.0345. The van der Waals surface area contributed by atoms with Gasteiger partial charge in [0.15, 0.2) is 0 Å². The number of benzene rings is 3. The van der Waals surface area contributed by atoms with Gasteiger partial charge in [0, 0.05) is 31.2 Å². The number of carbonyl (C=O) groups is 1. The summed E-state index contributed by atoms with van der Waals surface area (Å²) in [7, 11) is 0. The first-order valence-electron chi connectivity index (χ1n) is 11.9. The molecule has 0 unspecified atom stereocenters. The van der Waals surface area contributed by atoms with Crippen LogP contribution in [0.15, 0.2) is 97.2 Å². The van der Waals surface area contributed by atoms with E-state index in [-0.39, 0.29) is 5.91 Å². The van der Waals surface area contributed by atoms with Gasteiger partial charge in [0.05, 0.1) is 11.2 Å². The Balaban J connectivity index is 1.45. The standard InChI is InChI=1S/C30H28N4O/c1-3-34-29(17-22(2)32-34)30(35)33(21-24-18-27-11-7-8-12-28(27)31-19-24)20-23-13-15-26(16-14-23)25-9-5-4-6-10-25/h4-19H,3,20-21H2,1-2H3. The molecule has 0 saturated heterocycles. The van der Waals surface area contributed by atoms with Gasteiger partial charge in [0.2, 0.25) is 0 Å². The lowest BCUT2D eigenvalue weighted by Gasteiger charge is -2.23. The topological polar surface area (TPSA) is 51.0 Å². The number of pyridine rings is 1. The molecule has 0 aliphatic carbocycles. The lowest BCUT2D eigenvalue weighted by Crippen LogP contribution is -2.32.